The van der Waals surface area contributed by atoms with Crippen LogP contribution in [0.2, 0.25) is 0 Å². The molecule has 14 nitrogen and oxygen atoms in total. The van der Waals surface area contributed by atoms with Gasteiger partial charge < -0.3 is 71.4 Å². The molecule has 0 amide bonds. The van der Waals surface area contributed by atoms with Crippen molar-refractivity contribution in [1.82, 2.24) is 0 Å². The van der Waals surface area contributed by atoms with E-state index >= 15 is 0 Å². The van der Waals surface area contributed by atoms with E-state index in [0.29, 0.717) is 19.5 Å². The minimum absolute atomic E-state index is 0. The lowest BCUT2D eigenvalue weighted by molar-refractivity contribution is -0.979. The van der Waals surface area contributed by atoms with Gasteiger partial charge in [-0.05, 0) is 81.3 Å². The van der Waals surface area contributed by atoms with Crippen LogP contribution >= 0.6 is 0 Å². The molecule has 4 aliphatic rings. The molecule has 16 heteroatoms. The largest absolute Gasteiger partial charge is 1.00 e. The van der Waals surface area contributed by atoms with E-state index in [0.717, 1.165) is 84.3 Å². The Bertz CT molecular complexity index is 1780. The monoisotopic (exact) mass is 978 g/mol. The predicted molar refractivity (Wildman–Crippen MR) is 213 cm³/mol. The number of halogens is 2. The number of hydrogen-bond acceptors (Lipinski definition) is 12. The molecule has 0 aliphatic carbocycles. The standard InChI is InChI=1S/C45H60N2O12.2BrH/c1-28(48)54-40-18-16-32(20-42(40)56-30(3)50)26-46(5)34-10-7-11-35(46)23-38(22-34)58-44(52)14-9-15-45(53)59-39-24-36-12-8-13-37(25-39)47(36,6)27-33-17-19-41(55-29(2)49)43(21-33)57-31(4)51;;/h16-21,34-39H,7-15,22-27H2,1-6H3;2*1H/q+2;;/p-2. The van der Waals surface area contributed by atoms with Gasteiger partial charge in [-0.3, -0.25) is 28.8 Å². The van der Waals surface area contributed by atoms with Gasteiger partial charge in [0.05, 0.1) is 38.3 Å². The minimum atomic E-state index is -0.499. The first-order valence-electron chi connectivity index (χ1n) is 21.1. The van der Waals surface area contributed by atoms with E-state index in [1.165, 1.54) is 27.7 Å². The number of benzene rings is 2. The second-order valence-corrected chi connectivity index (χ2v) is 17.4. The Morgan fingerprint density at radius 3 is 1.13 bits per heavy atom. The normalized spacial score (nSPS) is 27.4. The SMILES string of the molecule is CC(=O)Oc1ccc(C[N+]2(C)C3CCCC2CC(OC(=O)CCCC(=O)OC2CC4CCCC(C2)[N+]4(C)Cc2ccc(OC(C)=O)c(OC(C)=O)c2)C3)cc1OC(C)=O.[Br-].[Br-]. The number of carbonyl (C=O) groups excluding carboxylic acids is 6. The molecule has 4 heterocycles. The highest BCUT2D eigenvalue weighted by Crippen LogP contribution is 2.44. The number of fused-ring (bicyclic) bond motifs is 4. The van der Waals surface area contributed by atoms with Gasteiger partial charge in [0.2, 0.25) is 0 Å². The highest BCUT2D eigenvalue weighted by molar-refractivity contribution is 5.75. The molecular weight excluding hydrogens is 920 g/mol. The second-order valence-electron chi connectivity index (χ2n) is 17.4. The molecule has 4 aliphatic heterocycles. The van der Waals surface area contributed by atoms with E-state index < -0.39 is 23.9 Å². The van der Waals surface area contributed by atoms with Crippen molar-refractivity contribution in [2.24, 2.45) is 0 Å². The molecule has 6 rings (SSSR count). The van der Waals surface area contributed by atoms with Gasteiger partial charge in [-0.15, -0.1) is 0 Å². The summed E-state index contributed by atoms with van der Waals surface area (Å²) in [5, 5.41) is 0. The Morgan fingerprint density at radius 1 is 0.508 bits per heavy atom. The maximum Gasteiger partial charge on any atom is 0.308 e. The third-order valence-corrected chi connectivity index (χ3v) is 13.1. The second kappa shape index (κ2) is 21.5. The third-order valence-electron chi connectivity index (χ3n) is 13.1. The van der Waals surface area contributed by atoms with Crippen LogP contribution in [0.15, 0.2) is 36.4 Å². The smallest absolute Gasteiger partial charge is 0.308 e. The lowest BCUT2D eigenvalue weighted by Crippen LogP contribution is -3.00. The highest BCUT2D eigenvalue weighted by Gasteiger charge is 2.51. The molecule has 4 fully saturated rings. The number of nitrogens with zero attached hydrogens (tertiary/aromatic N) is 2. The Kier molecular flexibility index (Phi) is 17.5. The van der Waals surface area contributed by atoms with Gasteiger partial charge in [-0.25, -0.2) is 0 Å². The van der Waals surface area contributed by atoms with Crippen molar-refractivity contribution in [3.05, 3.63) is 47.5 Å². The van der Waals surface area contributed by atoms with E-state index in [9.17, 15) is 28.8 Å². The summed E-state index contributed by atoms with van der Waals surface area (Å²) in [4.78, 5) is 72.9. The maximum atomic E-state index is 13.1. The third kappa shape index (κ3) is 12.6. The Balaban J connectivity index is 0.00000410. The highest BCUT2D eigenvalue weighted by atomic mass is 79.9. The summed E-state index contributed by atoms with van der Waals surface area (Å²) in [6, 6.07) is 11.8. The van der Waals surface area contributed by atoms with Crippen molar-refractivity contribution in [2.75, 3.05) is 14.1 Å². The number of ether oxygens (including phenoxy) is 6. The molecule has 2 aromatic carbocycles. The van der Waals surface area contributed by atoms with Crippen molar-refractivity contribution >= 4 is 35.8 Å². The molecule has 0 spiro atoms. The molecule has 0 N–H and O–H groups in total. The fourth-order valence-corrected chi connectivity index (χ4v) is 10.4. The van der Waals surface area contributed by atoms with Gasteiger partial charge in [0.1, 0.15) is 25.3 Å². The van der Waals surface area contributed by atoms with Crippen molar-refractivity contribution in [3.8, 4) is 23.0 Å². The predicted octanol–water partition coefficient (Wildman–Crippen LogP) is 0.413. The first-order valence-corrected chi connectivity index (χ1v) is 21.1. The van der Waals surface area contributed by atoms with Gasteiger partial charge >= 0.3 is 35.8 Å². The summed E-state index contributed by atoms with van der Waals surface area (Å²) in [5.41, 5.74) is 1.92. The molecule has 336 valence electrons. The lowest BCUT2D eigenvalue weighted by Gasteiger charge is -2.55. The molecule has 2 aromatic rings. The van der Waals surface area contributed by atoms with Gasteiger partial charge in [-0.1, -0.05) is 0 Å². The zero-order chi connectivity index (χ0) is 42.5. The number of piperidine rings is 4. The van der Waals surface area contributed by atoms with Crippen molar-refractivity contribution in [2.45, 2.75) is 161 Å². The number of rotatable bonds is 14. The zero-order valence-corrected chi connectivity index (χ0v) is 39.3. The average Bonchev–Trinajstić information content (AvgIpc) is 3.10. The van der Waals surface area contributed by atoms with E-state index in [2.05, 4.69) is 14.1 Å². The van der Waals surface area contributed by atoms with Gasteiger partial charge in [0.25, 0.3) is 0 Å². The number of esters is 6. The maximum absolute atomic E-state index is 13.1. The summed E-state index contributed by atoms with van der Waals surface area (Å²) in [6.45, 7) is 6.60. The molecule has 4 bridgehead atoms. The topological polar surface area (TPSA) is 158 Å². The fraction of sp³-hybridized carbons (Fsp3) is 0.600. The first-order chi connectivity index (χ1) is 28.0. The molecule has 4 unspecified atom stereocenters. The summed E-state index contributed by atoms with van der Waals surface area (Å²) < 4.78 is 34.9. The van der Waals surface area contributed by atoms with E-state index in [1.54, 1.807) is 24.3 Å². The number of quaternary nitrogens is 2. The van der Waals surface area contributed by atoms with Crippen LogP contribution in [0.3, 0.4) is 0 Å². The summed E-state index contributed by atoms with van der Waals surface area (Å²) in [5.74, 6) is -1.74. The molecule has 0 saturated carbocycles. The summed E-state index contributed by atoms with van der Waals surface area (Å²) in [6.07, 6.45) is 9.55. The van der Waals surface area contributed by atoms with E-state index in [4.69, 9.17) is 28.4 Å². The van der Waals surface area contributed by atoms with E-state index in [1.807, 2.05) is 12.1 Å². The van der Waals surface area contributed by atoms with Gasteiger partial charge in [0, 0.05) is 77.3 Å². The van der Waals surface area contributed by atoms with Crippen molar-refractivity contribution in [3.63, 3.8) is 0 Å². The van der Waals surface area contributed by atoms with Crippen molar-refractivity contribution < 1.29 is 100 Å². The molecule has 61 heavy (non-hydrogen) atoms. The quantitative estimate of drug-likeness (QED) is 0.146. The molecule has 4 atom stereocenters. The molecule has 0 radical (unpaired) electrons. The Hall–Kier alpha value is -3.86. The first kappa shape index (κ1) is 49.8. The van der Waals surface area contributed by atoms with Gasteiger partial charge in [0.15, 0.2) is 23.0 Å². The van der Waals surface area contributed by atoms with Crippen molar-refractivity contribution in [1.29, 1.82) is 0 Å². The van der Waals surface area contributed by atoms with Crippen LogP contribution < -0.4 is 52.9 Å². The van der Waals surface area contributed by atoms with Crippen LogP contribution in [0.5, 0.6) is 23.0 Å². The summed E-state index contributed by atoms with van der Waals surface area (Å²) >= 11 is 0. The molecular formula is C45H60Br2N2O12. The molecule has 4 saturated heterocycles. The minimum Gasteiger partial charge on any atom is -1.00 e. The van der Waals surface area contributed by atoms with Crippen LogP contribution in [-0.4, -0.2) is 95.3 Å². The van der Waals surface area contributed by atoms with Gasteiger partial charge in [-0.2, -0.15) is 0 Å². The van der Waals surface area contributed by atoms with Crippen LogP contribution in [0.1, 0.15) is 122 Å². The van der Waals surface area contributed by atoms with E-state index in [-0.39, 0.29) is 118 Å². The van der Waals surface area contributed by atoms with Crippen LogP contribution in [0, 0.1) is 0 Å². The van der Waals surface area contributed by atoms with Crippen LogP contribution in [0.4, 0.5) is 0 Å². The Morgan fingerprint density at radius 2 is 0.820 bits per heavy atom. The fourth-order valence-electron chi connectivity index (χ4n) is 10.4. The molecule has 0 aromatic heterocycles. The number of carbonyl (C=O) groups is 6. The van der Waals surface area contributed by atoms with Crippen LogP contribution in [-0.2, 0) is 51.3 Å². The Labute approximate surface area is 379 Å². The lowest BCUT2D eigenvalue weighted by atomic mass is 9.80. The summed E-state index contributed by atoms with van der Waals surface area (Å²) in [7, 11) is 4.50. The average molecular weight is 981 g/mol. The number of hydrogen-bond donors (Lipinski definition) is 0. The van der Waals surface area contributed by atoms with Crippen LogP contribution in [0.25, 0.3) is 0 Å². The zero-order valence-electron chi connectivity index (χ0n) is 36.1.